The van der Waals surface area contributed by atoms with Crippen molar-refractivity contribution in [3.8, 4) is 12.3 Å². The minimum atomic E-state index is -0.450. The minimum Gasteiger partial charge on any atom is -0.334 e. The normalized spacial score (nSPS) is 17.7. The number of terminal acetylenes is 1. The van der Waals surface area contributed by atoms with E-state index in [9.17, 15) is 4.79 Å². The van der Waals surface area contributed by atoms with Crippen LogP contribution < -0.4 is 5.32 Å². The van der Waals surface area contributed by atoms with E-state index < -0.39 is 5.54 Å². The van der Waals surface area contributed by atoms with Crippen molar-refractivity contribution in [3.05, 3.63) is 30.1 Å². The first-order valence-electron chi connectivity index (χ1n) is 5.47. The minimum absolute atomic E-state index is 0.180. The van der Waals surface area contributed by atoms with Gasteiger partial charge in [0.2, 0.25) is 0 Å². The molecule has 0 radical (unpaired) electrons. The van der Waals surface area contributed by atoms with E-state index in [4.69, 9.17) is 6.42 Å². The van der Waals surface area contributed by atoms with E-state index in [2.05, 4.69) is 16.2 Å². The highest BCUT2D eigenvalue weighted by Gasteiger charge is 2.33. The van der Waals surface area contributed by atoms with Crippen LogP contribution >= 0.6 is 0 Å². The number of hydrogen-bond acceptors (Lipinski definition) is 2. The largest absolute Gasteiger partial charge is 0.334 e. The van der Waals surface area contributed by atoms with Gasteiger partial charge in [-0.05, 0) is 37.8 Å². The van der Waals surface area contributed by atoms with E-state index in [-0.39, 0.29) is 5.91 Å². The monoisotopic (exact) mass is 214 g/mol. The van der Waals surface area contributed by atoms with E-state index in [1.54, 1.807) is 24.4 Å². The summed E-state index contributed by atoms with van der Waals surface area (Å²) in [6, 6.07) is 5.26. The van der Waals surface area contributed by atoms with Crippen LogP contribution in [0.15, 0.2) is 24.4 Å². The van der Waals surface area contributed by atoms with Gasteiger partial charge >= 0.3 is 0 Å². The number of pyridine rings is 1. The molecule has 0 saturated heterocycles. The van der Waals surface area contributed by atoms with Crippen molar-refractivity contribution in [1.29, 1.82) is 0 Å². The molecule has 1 heterocycles. The molecule has 0 bridgehead atoms. The molecule has 0 aromatic carbocycles. The van der Waals surface area contributed by atoms with Crippen molar-refractivity contribution >= 4 is 5.91 Å². The Hall–Kier alpha value is -1.82. The summed E-state index contributed by atoms with van der Waals surface area (Å²) in [4.78, 5) is 15.9. The molecule has 3 heteroatoms. The van der Waals surface area contributed by atoms with Gasteiger partial charge in [0.05, 0.1) is 0 Å². The van der Waals surface area contributed by atoms with Crippen molar-refractivity contribution in [3.63, 3.8) is 0 Å². The number of aromatic nitrogens is 1. The summed E-state index contributed by atoms with van der Waals surface area (Å²) < 4.78 is 0. The summed E-state index contributed by atoms with van der Waals surface area (Å²) in [6.07, 6.45) is 11.0. The second-order valence-corrected chi connectivity index (χ2v) is 4.10. The average molecular weight is 214 g/mol. The van der Waals surface area contributed by atoms with Gasteiger partial charge in [-0.3, -0.25) is 9.78 Å². The molecule has 0 aliphatic heterocycles. The second-order valence-electron chi connectivity index (χ2n) is 4.10. The van der Waals surface area contributed by atoms with Crippen molar-refractivity contribution in [2.75, 3.05) is 0 Å². The molecule has 1 aromatic heterocycles. The van der Waals surface area contributed by atoms with Crippen LogP contribution in [0.25, 0.3) is 0 Å². The Morgan fingerprint density at radius 1 is 1.44 bits per heavy atom. The number of rotatable bonds is 2. The summed E-state index contributed by atoms with van der Waals surface area (Å²) in [6.45, 7) is 0. The van der Waals surface area contributed by atoms with Gasteiger partial charge in [-0.15, -0.1) is 6.42 Å². The first-order chi connectivity index (χ1) is 7.76. The maximum Gasteiger partial charge on any atom is 0.271 e. The van der Waals surface area contributed by atoms with Gasteiger partial charge in [-0.25, -0.2) is 0 Å². The summed E-state index contributed by atoms with van der Waals surface area (Å²) in [5.74, 6) is 2.54. The molecule has 0 unspecified atom stereocenters. The fourth-order valence-electron chi connectivity index (χ4n) is 2.06. The second kappa shape index (κ2) is 4.36. The van der Waals surface area contributed by atoms with Crippen LogP contribution in [0.2, 0.25) is 0 Å². The summed E-state index contributed by atoms with van der Waals surface area (Å²) in [5.41, 5.74) is -0.0294. The molecular weight excluding hydrogens is 200 g/mol. The van der Waals surface area contributed by atoms with Gasteiger partial charge < -0.3 is 5.32 Å². The number of nitrogens with zero attached hydrogens (tertiary/aromatic N) is 1. The Morgan fingerprint density at radius 2 is 2.19 bits per heavy atom. The summed E-state index contributed by atoms with van der Waals surface area (Å²) in [5, 5.41) is 2.92. The Morgan fingerprint density at radius 3 is 2.75 bits per heavy atom. The van der Waals surface area contributed by atoms with Crippen LogP contribution in [0, 0.1) is 12.3 Å². The molecule has 1 fully saturated rings. The lowest BCUT2D eigenvalue weighted by Gasteiger charge is -2.23. The van der Waals surface area contributed by atoms with Gasteiger partial charge in [0, 0.05) is 6.20 Å². The van der Waals surface area contributed by atoms with E-state index in [0.29, 0.717) is 5.69 Å². The molecule has 16 heavy (non-hydrogen) atoms. The zero-order valence-electron chi connectivity index (χ0n) is 9.07. The maximum absolute atomic E-state index is 11.9. The third-order valence-corrected chi connectivity index (χ3v) is 2.98. The number of amides is 1. The van der Waals surface area contributed by atoms with E-state index in [1.165, 1.54) is 0 Å². The van der Waals surface area contributed by atoms with Crippen LogP contribution in [-0.4, -0.2) is 16.4 Å². The molecule has 0 atom stereocenters. The molecule has 82 valence electrons. The van der Waals surface area contributed by atoms with Gasteiger partial charge in [0.1, 0.15) is 11.2 Å². The molecule has 1 aliphatic rings. The third-order valence-electron chi connectivity index (χ3n) is 2.98. The lowest BCUT2D eigenvalue weighted by Crippen LogP contribution is -2.45. The predicted octanol–water partition coefficient (Wildman–Crippen LogP) is 1.76. The lowest BCUT2D eigenvalue weighted by atomic mass is 9.99. The first kappa shape index (κ1) is 10.7. The molecule has 1 aliphatic carbocycles. The molecule has 1 saturated carbocycles. The fourth-order valence-corrected chi connectivity index (χ4v) is 2.06. The van der Waals surface area contributed by atoms with Crippen LogP contribution in [0.3, 0.4) is 0 Å². The molecule has 2 rings (SSSR count). The van der Waals surface area contributed by atoms with Crippen molar-refractivity contribution in [2.24, 2.45) is 0 Å². The molecule has 1 aromatic rings. The fraction of sp³-hybridized carbons (Fsp3) is 0.385. The highest BCUT2D eigenvalue weighted by molar-refractivity contribution is 5.93. The van der Waals surface area contributed by atoms with Gasteiger partial charge in [-0.2, -0.15) is 0 Å². The summed E-state index contributed by atoms with van der Waals surface area (Å²) in [7, 11) is 0. The smallest absolute Gasteiger partial charge is 0.271 e. The van der Waals surface area contributed by atoms with E-state index >= 15 is 0 Å². The number of carbonyl (C=O) groups excluding carboxylic acids is 1. The lowest BCUT2D eigenvalue weighted by molar-refractivity contribution is 0.0916. The standard InChI is InChI=1S/C13H14N2O/c1-2-13(8-4-5-9-13)15-12(16)11-7-3-6-10-14-11/h1,3,6-7,10H,4-5,8-9H2,(H,15,16). The van der Waals surface area contributed by atoms with Crippen molar-refractivity contribution < 1.29 is 4.79 Å². The quantitative estimate of drug-likeness (QED) is 0.762. The first-order valence-corrected chi connectivity index (χ1v) is 5.47. The Labute approximate surface area is 95.3 Å². The SMILES string of the molecule is C#CC1(NC(=O)c2ccccn2)CCCC1. The molecule has 0 spiro atoms. The highest BCUT2D eigenvalue weighted by Crippen LogP contribution is 2.29. The Kier molecular flexibility index (Phi) is 2.91. The predicted molar refractivity (Wildman–Crippen MR) is 61.7 cm³/mol. The summed E-state index contributed by atoms with van der Waals surface area (Å²) >= 11 is 0. The van der Waals surface area contributed by atoms with Crippen LogP contribution in [-0.2, 0) is 0 Å². The molecule has 3 nitrogen and oxygen atoms in total. The number of hydrogen-bond donors (Lipinski definition) is 1. The zero-order chi connectivity index (χ0) is 11.4. The maximum atomic E-state index is 11.9. The van der Waals surface area contributed by atoms with Gasteiger partial charge in [-0.1, -0.05) is 12.0 Å². The van der Waals surface area contributed by atoms with Gasteiger partial charge in [0.25, 0.3) is 5.91 Å². The van der Waals surface area contributed by atoms with Crippen molar-refractivity contribution in [1.82, 2.24) is 10.3 Å². The van der Waals surface area contributed by atoms with Gasteiger partial charge in [0.15, 0.2) is 0 Å². The number of nitrogens with one attached hydrogen (secondary N) is 1. The average Bonchev–Trinajstić information content (AvgIpc) is 2.79. The molecule has 1 N–H and O–H groups in total. The van der Waals surface area contributed by atoms with E-state index in [1.807, 2.05) is 0 Å². The molecule has 1 amide bonds. The Bertz CT molecular complexity index is 413. The molecular formula is C13H14N2O. The highest BCUT2D eigenvalue weighted by atomic mass is 16.2. The van der Waals surface area contributed by atoms with Crippen molar-refractivity contribution in [2.45, 2.75) is 31.2 Å². The van der Waals surface area contributed by atoms with E-state index in [0.717, 1.165) is 25.7 Å². The van der Waals surface area contributed by atoms with Crippen LogP contribution in [0.1, 0.15) is 36.2 Å². The van der Waals surface area contributed by atoms with Crippen LogP contribution in [0.4, 0.5) is 0 Å². The topological polar surface area (TPSA) is 42.0 Å². The third kappa shape index (κ3) is 2.06. The zero-order valence-corrected chi connectivity index (χ0v) is 9.07. The Balaban J connectivity index is 2.11. The van der Waals surface area contributed by atoms with Crippen LogP contribution in [0.5, 0.6) is 0 Å². The number of carbonyl (C=O) groups is 1.